The van der Waals surface area contributed by atoms with Crippen molar-refractivity contribution < 1.29 is 4.74 Å². The minimum atomic E-state index is 0.226. The van der Waals surface area contributed by atoms with Crippen LogP contribution in [0.1, 0.15) is 44.7 Å². The molecule has 1 aromatic carbocycles. The molecule has 0 aliphatic carbocycles. The van der Waals surface area contributed by atoms with E-state index in [0.717, 1.165) is 31.4 Å². The second-order valence-corrected chi connectivity index (χ2v) is 5.56. The zero-order valence-electron chi connectivity index (χ0n) is 11.9. The van der Waals surface area contributed by atoms with E-state index in [0.29, 0.717) is 10.0 Å². The van der Waals surface area contributed by atoms with E-state index in [1.807, 2.05) is 18.2 Å². The Labute approximate surface area is 126 Å². The molecule has 1 aromatic rings. The molecule has 0 radical (unpaired) electrons. The lowest BCUT2D eigenvalue weighted by atomic mass is 10.00. The molecule has 2 unspecified atom stereocenters. The Bertz CT molecular complexity index is 384. The molecule has 0 heterocycles. The van der Waals surface area contributed by atoms with Gasteiger partial charge in [-0.1, -0.05) is 42.3 Å². The van der Waals surface area contributed by atoms with Crippen LogP contribution in [0.4, 0.5) is 0 Å². The van der Waals surface area contributed by atoms with Crippen LogP contribution >= 0.6 is 23.2 Å². The molecule has 1 rings (SSSR count). The summed E-state index contributed by atoms with van der Waals surface area (Å²) in [7, 11) is 1.74. The largest absolute Gasteiger partial charge is 0.382 e. The van der Waals surface area contributed by atoms with Crippen LogP contribution in [0.5, 0.6) is 0 Å². The van der Waals surface area contributed by atoms with Gasteiger partial charge < -0.3 is 10.1 Å². The summed E-state index contributed by atoms with van der Waals surface area (Å²) in [5.74, 6) is 0. The molecule has 19 heavy (non-hydrogen) atoms. The van der Waals surface area contributed by atoms with Crippen molar-refractivity contribution in [2.24, 2.45) is 0 Å². The zero-order valence-corrected chi connectivity index (χ0v) is 13.4. The lowest BCUT2D eigenvalue weighted by Crippen LogP contribution is -2.23. The summed E-state index contributed by atoms with van der Waals surface area (Å²) in [6.45, 7) is 5.20. The Balaban J connectivity index is 2.80. The van der Waals surface area contributed by atoms with E-state index in [1.165, 1.54) is 0 Å². The molecule has 0 fully saturated rings. The summed E-state index contributed by atoms with van der Waals surface area (Å²) < 4.78 is 5.31. The van der Waals surface area contributed by atoms with Gasteiger partial charge >= 0.3 is 0 Å². The molecule has 0 bridgehead atoms. The predicted molar refractivity (Wildman–Crippen MR) is 83.2 cm³/mol. The maximum absolute atomic E-state index is 6.31. The van der Waals surface area contributed by atoms with Gasteiger partial charge in [-0.2, -0.15) is 0 Å². The smallest absolute Gasteiger partial charge is 0.0640 e. The first-order valence-corrected chi connectivity index (χ1v) is 7.55. The number of hydrogen-bond acceptors (Lipinski definition) is 2. The normalized spacial score (nSPS) is 14.4. The molecular weight excluding hydrogens is 281 g/mol. The first-order valence-electron chi connectivity index (χ1n) is 6.80. The molecule has 0 aliphatic heterocycles. The lowest BCUT2D eigenvalue weighted by molar-refractivity contribution is 0.106. The fourth-order valence-corrected chi connectivity index (χ4v) is 2.43. The monoisotopic (exact) mass is 303 g/mol. The van der Waals surface area contributed by atoms with Gasteiger partial charge in [0.05, 0.1) is 16.1 Å². The van der Waals surface area contributed by atoms with E-state index in [1.54, 1.807) is 7.11 Å². The van der Waals surface area contributed by atoms with Gasteiger partial charge in [-0.05, 0) is 44.4 Å². The minimum absolute atomic E-state index is 0.226. The van der Waals surface area contributed by atoms with Crippen molar-refractivity contribution in [2.75, 3.05) is 13.7 Å². The third kappa shape index (κ3) is 5.31. The van der Waals surface area contributed by atoms with Crippen LogP contribution in [0, 0.1) is 0 Å². The van der Waals surface area contributed by atoms with Crippen molar-refractivity contribution in [3.8, 4) is 0 Å². The maximum Gasteiger partial charge on any atom is 0.0640 e. The van der Waals surface area contributed by atoms with E-state index in [4.69, 9.17) is 27.9 Å². The summed E-state index contributed by atoms with van der Waals surface area (Å²) in [6, 6.07) is 6.04. The Kier molecular flexibility index (Phi) is 7.77. The van der Waals surface area contributed by atoms with Gasteiger partial charge in [0.1, 0.15) is 0 Å². The highest BCUT2D eigenvalue weighted by Crippen LogP contribution is 2.32. The Morgan fingerprint density at radius 2 is 2.00 bits per heavy atom. The summed E-state index contributed by atoms with van der Waals surface area (Å²) >= 11 is 12.4. The second kappa shape index (κ2) is 8.80. The van der Waals surface area contributed by atoms with E-state index in [-0.39, 0.29) is 12.1 Å². The van der Waals surface area contributed by atoms with Crippen molar-refractivity contribution in [1.82, 2.24) is 5.32 Å². The number of methoxy groups -OCH3 is 1. The standard InChI is InChI=1S/C15H23Cl2NO/c1-4-10-18-14(9-8-11(2)19-3)12-6-5-7-13(16)15(12)17/h5-7,11,14,18H,4,8-10H2,1-3H3. The SMILES string of the molecule is CCCNC(CCC(C)OC)c1cccc(Cl)c1Cl. The van der Waals surface area contributed by atoms with Crippen molar-refractivity contribution >= 4 is 23.2 Å². The third-order valence-electron chi connectivity index (χ3n) is 3.26. The Hall–Kier alpha value is -0.280. The molecule has 0 saturated carbocycles. The minimum Gasteiger partial charge on any atom is -0.382 e. The fourth-order valence-electron chi connectivity index (χ4n) is 1.99. The predicted octanol–water partition coefficient (Wildman–Crippen LogP) is 4.85. The van der Waals surface area contributed by atoms with Gasteiger partial charge in [0.15, 0.2) is 0 Å². The molecule has 1 N–H and O–H groups in total. The van der Waals surface area contributed by atoms with E-state index in [9.17, 15) is 0 Å². The van der Waals surface area contributed by atoms with Crippen molar-refractivity contribution in [1.29, 1.82) is 0 Å². The molecular formula is C15H23Cl2NO. The van der Waals surface area contributed by atoms with Gasteiger partial charge in [-0.25, -0.2) is 0 Å². The summed E-state index contributed by atoms with van der Waals surface area (Å²) in [6.07, 6.45) is 3.31. The molecule has 4 heteroatoms. The number of benzene rings is 1. The first-order chi connectivity index (χ1) is 9.10. The molecule has 2 atom stereocenters. The van der Waals surface area contributed by atoms with Crippen LogP contribution < -0.4 is 5.32 Å². The molecule has 0 spiro atoms. The highest BCUT2D eigenvalue weighted by molar-refractivity contribution is 6.42. The average Bonchev–Trinajstić information content (AvgIpc) is 2.42. The van der Waals surface area contributed by atoms with Gasteiger partial charge in [0.25, 0.3) is 0 Å². The van der Waals surface area contributed by atoms with Crippen LogP contribution in [0.3, 0.4) is 0 Å². The van der Waals surface area contributed by atoms with Crippen molar-refractivity contribution in [2.45, 2.75) is 45.3 Å². The van der Waals surface area contributed by atoms with Gasteiger partial charge in [-0.3, -0.25) is 0 Å². The quantitative estimate of drug-likeness (QED) is 0.741. The van der Waals surface area contributed by atoms with Crippen LogP contribution in [0.15, 0.2) is 18.2 Å². The molecule has 0 aliphatic rings. The van der Waals surface area contributed by atoms with Crippen LogP contribution in [-0.4, -0.2) is 19.8 Å². The lowest BCUT2D eigenvalue weighted by Gasteiger charge is -2.22. The highest BCUT2D eigenvalue weighted by atomic mass is 35.5. The molecule has 108 valence electrons. The summed E-state index contributed by atoms with van der Waals surface area (Å²) in [5.41, 5.74) is 1.07. The van der Waals surface area contributed by atoms with E-state index in [2.05, 4.69) is 19.2 Å². The number of hydrogen-bond donors (Lipinski definition) is 1. The molecule has 0 amide bonds. The van der Waals surface area contributed by atoms with Gasteiger partial charge in [0.2, 0.25) is 0 Å². The van der Waals surface area contributed by atoms with Crippen LogP contribution in [0.2, 0.25) is 10.0 Å². The molecule has 2 nitrogen and oxygen atoms in total. The molecule has 0 saturated heterocycles. The van der Waals surface area contributed by atoms with Gasteiger partial charge in [-0.15, -0.1) is 0 Å². The average molecular weight is 304 g/mol. The Morgan fingerprint density at radius 1 is 1.26 bits per heavy atom. The Morgan fingerprint density at radius 3 is 2.63 bits per heavy atom. The molecule has 0 aromatic heterocycles. The number of nitrogens with one attached hydrogen (secondary N) is 1. The van der Waals surface area contributed by atoms with Crippen LogP contribution in [-0.2, 0) is 4.74 Å². The third-order valence-corrected chi connectivity index (χ3v) is 4.10. The topological polar surface area (TPSA) is 21.3 Å². The zero-order chi connectivity index (χ0) is 14.3. The van der Waals surface area contributed by atoms with Crippen molar-refractivity contribution in [3.63, 3.8) is 0 Å². The van der Waals surface area contributed by atoms with Crippen LogP contribution in [0.25, 0.3) is 0 Å². The second-order valence-electron chi connectivity index (χ2n) is 4.77. The summed E-state index contributed by atoms with van der Waals surface area (Å²) in [4.78, 5) is 0. The van der Waals surface area contributed by atoms with Crippen molar-refractivity contribution in [3.05, 3.63) is 33.8 Å². The maximum atomic E-state index is 6.31. The fraction of sp³-hybridized carbons (Fsp3) is 0.600. The number of halogens is 2. The summed E-state index contributed by atoms with van der Waals surface area (Å²) in [5, 5.41) is 4.80. The highest BCUT2D eigenvalue weighted by Gasteiger charge is 2.16. The van der Waals surface area contributed by atoms with Gasteiger partial charge in [0, 0.05) is 13.2 Å². The van der Waals surface area contributed by atoms with E-state index >= 15 is 0 Å². The number of ether oxygens (including phenoxy) is 1. The van der Waals surface area contributed by atoms with E-state index < -0.39 is 0 Å². The number of rotatable bonds is 8. The first kappa shape index (κ1) is 16.8.